The fourth-order valence-corrected chi connectivity index (χ4v) is 3.66. The minimum absolute atomic E-state index is 0.456. The van der Waals surface area contributed by atoms with Crippen LogP contribution < -0.4 is 5.73 Å². The maximum atomic E-state index is 6.41. The van der Waals surface area contributed by atoms with Crippen molar-refractivity contribution in [3.63, 3.8) is 0 Å². The maximum Gasteiger partial charge on any atom is 0.00965 e. The normalized spacial score (nSPS) is 32.2. The zero-order chi connectivity index (χ0) is 13.8. The molecule has 0 aromatic carbocycles. The van der Waals surface area contributed by atoms with Gasteiger partial charge in [-0.05, 0) is 62.8 Å². The number of unbranched alkanes of at least 4 members (excludes halogenated alkanes) is 1. The van der Waals surface area contributed by atoms with Crippen molar-refractivity contribution in [3.05, 3.63) is 0 Å². The Balaban J connectivity index is 1.86. The Bertz CT molecular complexity index is 260. The second kappa shape index (κ2) is 7.08. The zero-order valence-electron chi connectivity index (χ0n) is 13.3. The topological polar surface area (TPSA) is 29.3 Å². The third-order valence-electron chi connectivity index (χ3n) is 5.36. The number of hydrogen-bond donors (Lipinski definition) is 1. The van der Waals surface area contributed by atoms with Crippen molar-refractivity contribution in [1.29, 1.82) is 0 Å². The van der Waals surface area contributed by atoms with Crippen LogP contribution in [0.3, 0.4) is 0 Å². The zero-order valence-corrected chi connectivity index (χ0v) is 13.3. The van der Waals surface area contributed by atoms with E-state index in [0.717, 1.165) is 23.8 Å². The van der Waals surface area contributed by atoms with Crippen molar-refractivity contribution in [1.82, 2.24) is 4.90 Å². The van der Waals surface area contributed by atoms with Crippen LogP contribution in [0.15, 0.2) is 0 Å². The lowest BCUT2D eigenvalue weighted by molar-refractivity contribution is 0.131. The first-order valence-corrected chi connectivity index (χ1v) is 8.61. The van der Waals surface area contributed by atoms with Crippen LogP contribution in [0.5, 0.6) is 0 Å². The van der Waals surface area contributed by atoms with Crippen molar-refractivity contribution in [2.75, 3.05) is 13.1 Å². The molecule has 0 amide bonds. The summed E-state index contributed by atoms with van der Waals surface area (Å²) in [6.07, 6.45) is 9.50. The Labute approximate surface area is 120 Å². The maximum absolute atomic E-state index is 6.41. The molecule has 2 rings (SSSR count). The van der Waals surface area contributed by atoms with E-state index in [-0.39, 0.29) is 0 Å². The highest BCUT2D eigenvalue weighted by Gasteiger charge is 2.35. The molecule has 2 fully saturated rings. The van der Waals surface area contributed by atoms with E-state index in [4.69, 9.17) is 5.73 Å². The summed E-state index contributed by atoms with van der Waals surface area (Å²) < 4.78 is 0. The van der Waals surface area contributed by atoms with E-state index in [9.17, 15) is 0 Å². The summed E-state index contributed by atoms with van der Waals surface area (Å²) in [5.41, 5.74) is 6.41. The third-order valence-corrected chi connectivity index (χ3v) is 5.36. The lowest BCUT2D eigenvalue weighted by atomic mass is 9.73. The van der Waals surface area contributed by atoms with Crippen LogP contribution in [0.4, 0.5) is 0 Å². The second-order valence-corrected chi connectivity index (χ2v) is 7.32. The van der Waals surface area contributed by atoms with Crippen LogP contribution >= 0.6 is 0 Å². The van der Waals surface area contributed by atoms with Gasteiger partial charge in [-0.3, -0.25) is 0 Å². The minimum Gasteiger partial charge on any atom is -0.327 e. The van der Waals surface area contributed by atoms with Gasteiger partial charge < -0.3 is 10.6 Å². The summed E-state index contributed by atoms with van der Waals surface area (Å²) in [7, 11) is 0. The van der Waals surface area contributed by atoms with Crippen LogP contribution in [0.25, 0.3) is 0 Å². The van der Waals surface area contributed by atoms with E-state index in [0.29, 0.717) is 6.04 Å². The van der Waals surface area contributed by atoms with Crippen molar-refractivity contribution < 1.29 is 0 Å². The van der Waals surface area contributed by atoms with Gasteiger partial charge in [0, 0.05) is 18.6 Å². The molecule has 0 saturated heterocycles. The van der Waals surface area contributed by atoms with Crippen LogP contribution in [0.2, 0.25) is 0 Å². The Hall–Kier alpha value is -0.0800. The molecular weight excluding hydrogens is 232 g/mol. The Morgan fingerprint density at radius 3 is 2.47 bits per heavy atom. The van der Waals surface area contributed by atoms with Gasteiger partial charge in [-0.2, -0.15) is 0 Å². The summed E-state index contributed by atoms with van der Waals surface area (Å²) >= 11 is 0. The summed E-state index contributed by atoms with van der Waals surface area (Å²) in [5.74, 6) is 2.50. The standard InChI is InChI=1S/C17H34N2/c1-4-5-10-19(16-7-8-16)12-15-11-14(13(2)3)6-9-17(15)18/h13-17H,4-12,18H2,1-3H3. The van der Waals surface area contributed by atoms with Gasteiger partial charge in [-0.1, -0.05) is 27.2 Å². The molecule has 2 N–H and O–H groups in total. The molecule has 2 aliphatic rings. The fourth-order valence-electron chi connectivity index (χ4n) is 3.66. The summed E-state index contributed by atoms with van der Waals surface area (Å²) in [4.78, 5) is 2.76. The molecule has 0 radical (unpaired) electrons. The number of hydrogen-bond acceptors (Lipinski definition) is 2. The highest BCUT2D eigenvalue weighted by Crippen LogP contribution is 2.35. The van der Waals surface area contributed by atoms with Gasteiger partial charge in [-0.25, -0.2) is 0 Å². The molecule has 0 aliphatic heterocycles. The molecule has 3 unspecified atom stereocenters. The monoisotopic (exact) mass is 266 g/mol. The van der Waals surface area contributed by atoms with Crippen LogP contribution in [-0.4, -0.2) is 30.1 Å². The molecule has 19 heavy (non-hydrogen) atoms. The first kappa shape index (κ1) is 15.3. The largest absolute Gasteiger partial charge is 0.327 e. The Morgan fingerprint density at radius 1 is 1.16 bits per heavy atom. The molecule has 0 aromatic rings. The lowest BCUT2D eigenvalue weighted by Crippen LogP contribution is -2.44. The summed E-state index contributed by atoms with van der Waals surface area (Å²) in [6, 6.07) is 1.36. The van der Waals surface area contributed by atoms with Gasteiger partial charge in [0.25, 0.3) is 0 Å². The first-order chi connectivity index (χ1) is 9.11. The second-order valence-electron chi connectivity index (χ2n) is 7.32. The van der Waals surface area contributed by atoms with Crippen LogP contribution in [-0.2, 0) is 0 Å². The van der Waals surface area contributed by atoms with E-state index in [1.807, 2.05) is 0 Å². The van der Waals surface area contributed by atoms with E-state index in [1.165, 1.54) is 58.0 Å². The fraction of sp³-hybridized carbons (Fsp3) is 1.00. The molecule has 0 heterocycles. The van der Waals surface area contributed by atoms with Crippen LogP contribution in [0.1, 0.15) is 65.7 Å². The van der Waals surface area contributed by atoms with E-state index in [1.54, 1.807) is 0 Å². The van der Waals surface area contributed by atoms with Gasteiger partial charge in [0.2, 0.25) is 0 Å². The molecule has 112 valence electrons. The van der Waals surface area contributed by atoms with Gasteiger partial charge >= 0.3 is 0 Å². The van der Waals surface area contributed by atoms with Gasteiger partial charge in [0.05, 0.1) is 0 Å². The van der Waals surface area contributed by atoms with Gasteiger partial charge in [0.1, 0.15) is 0 Å². The Morgan fingerprint density at radius 2 is 1.89 bits per heavy atom. The van der Waals surface area contributed by atoms with E-state index < -0.39 is 0 Å². The van der Waals surface area contributed by atoms with Crippen molar-refractivity contribution >= 4 is 0 Å². The number of nitrogens with zero attached hydrogens (tertiary/aromatic N) is 1. The molecule has 2 nitrogen and oxygen atoms in total. The molecular formula is C17H34N2. The van der Waals surface area contributed by atoms with E-state index >= 15 is 0 Å². The Kier molecular flexibility index (Phi) is 5.70. The van der Waals surface area contributed by atoms with Crippen molar-refractivity contribution in [2.45, 2.75) is 77.8 Å². The first-order valence-electron chi connectivity index (χ1n) is 8.61. The molecule has 2 saturated carbocycles. The van der Waals surface area contributed by atoms with E-state index in [2.05, 4.69) is 25.7 Å². The third kappa shape index (κ3) is 4.46. The molecule has 2 aliphatic carbocycles. The molecule has 3 atom stereocenters. The predicted molar refractivity (Wildman–Crippen MR) is 83.1 cm³/mol. The van der Waals surface area contributed by atoms with Gasteiger partial charge in [0.15, 0.2) is 0 Å². The smallest absolute Gasteiger partial charge is 0.00965 e. The quantitative estimate of drug-likeness (QED) is 0.762. The van der Waals surface area contributed by atoms with Gasteiger partial charge in [-0.15, -0.1) is 0 Å². The summed E-state index contributed by atoms with van der Waals surface area (Å²) in [5, 5.41) is 0. The van der Waals surface area contributed by atoms with Crippen molar-refractivity contribution in [3.8, 4) is 0 Å². The van der Waals surface area contributed by atoms with Crippen LogP contribution in [0, 0.1) is 17.8 Å². The number of rotatable bonds is 7. The number of nitrogens with two attached hydrogens (primary N) is 1. The molecule has 0 spiro atoms. The molecule has 0 aromatic heterocycles. The average Bonchev–Trinajstić information content (AvgIpc) is 3.20. The average molecular weight is 266 g/mol. The predicted octanol–water partition coefficient (Wildman–Crippen LogP) is 3.65. The SMILES string of the molecule is CCCCN(CC1CC(C(C)C)CCC1N)C1CC1. The van der Waals surface area contributed by atoms with Crippen molar-refractivity contribution in [2.24, 2.45) is 23.5 Å². The highest BCUT2D eigenvalue weighted by molar-refractivity contribution is 4.90. The minimum atomic E-state index is 0.456. The molecule has 0 bridgehead atoms. The summed E-state index contributed by atoms with van der Waals surface area (Å²) in [6.45, 7) is 9.64. The lowest BCUT2D eigenvalue weighted by Gasteiger charge is -2.39. The molecule has 2 heteroatoms. The highest BCUT2D eigenvalue weighted by atomic mass is 15.2.